The molecule has 0 aliphatic rings. The molecule has 0 spiro atoms. The van der Waals surface area contributed by atoms with E-state index in [-0.39, 0.29) is 10.6 Å². The minimum atomic E-state index is -5.81. The van der Waals surface area contributed by atoms with Crippen molar-refractivity contribution in [3.63, 3.8) is 0 Å². The number of ether oxygens (including phenoxy) is 1. The van der Waals surface area contributed by atoms with Crippen LogP contribution < -0.4 is 10.1 Å². The monoisotopic (exact) mass is 477 g/mol. The SMILES string of the molecule is COc1ccc(NC(=O)[C@](F)([C@@H](CS(=O)(=O)c2ccc(C)cc2)[C@H](C)O)C(F)(F)F)cc1. The van der Waals surface area contributed by atoms with Crippen LogP contribution in [0.15, 0.2) is 53.4 Å². The molecule has 1 amide bonds. The lowest BCUT2D eigenvalue weighted by molar-refractivity contribution is -0.244. The number of hydrogen-bond acceptors (Lipinski definition) is 5. The van der Waals surface area contributed by atoms with Gasteiger partial charge in [-0.2, -0.15) is 13.2 Å². The second-order valence-corrected chi connectivity index (χ2v) is 9.37. The van der Waals surface area contributed by atoms with Crippen LogP contribution in [0.4, 0.5) is 23.2 Å². The van der Waals surface area contributed by atoms with Gasteiger partial charge in [0.1, 0.15) is 5.75 Å². The van der Waals surface area contributed by atoms with Crippen LogP contribution in [0.5, 0.6) is 5.75 Å². The highest BCUT2D eigenvalue weighted by atomic mass is 32.2. The molecule has 2 aromatic rings. The van der Waals surface area contributed by atoms with E-state index in [1.54, 1.807) is 6.92 Å². The predicted octanol–water partition coefficient (Wildman–Crippen LogP) is 3.68. The molecule has 176 valence electrons. The molecule has 6 nitrogen and oxygen atoms in total. The highest BCUT2D eigenvalue weighted by molar-refractivity contribution is 7.91. The molecule has 2 N–H and O–H groups in total. The lowest BCUT2D eigenvalue weighted by atomic mass is 9.85. The van der Waals surface area contributed by atoms with Crippen molar-refractivity contribution in [3.05, 3.63) is 54.1 Å². The second kappa shape index (κ2) is 9.45. The van der Waals surface area contributed by atoms with Gasteiger partial charge in [-0.15, -0.1) is 0 Å². The molecule has 0 saturated heterocycles. The maximum Gasteiger partial charge on any atom is 0.432 e. The van der Waals surface area contributed by atoms with Gasteiger partial charge in [0, 0.05) is 5.69 Å². The fourth-order valence-corrected chi connectivity index (χ4v) is 4.79. The Morgan fingerprint density at radius 2 is 1.59 bits per heavy atom. The first kappa shape index (κ1) is 25.6. The molecule has 0 bridgehead atoms. The van der Waals surface area contributed by atoms with E-state index in [4.69, 9.17) is 4.74 Å². The fourth-order valence-electron chi connectivity index (χ4n) is 3.07. The average Bonchev–Trinajstić information content (AvgIpc) is 2.71. The van der Waals surface area contributed by atoms with Crippen LogP contribution >= 0.6 is 0 Å². The Bertz CT molecular complexity index is 1040. The Hall–Kier alpha value is -2.66. The topological polar surface area (TPSA) is 92.7 Å². The molecule has 0 heterocycles. The van der Waals surface area contributed by atoms with Gasteiger partial charge >= 0.3 is 6.18 Å². The maximum atomic E-state index is 15.6. The number of aryl methyl sites for hydroxylation is 1. The molecule has 3 atom stereocenters. The van der Waals surface area contributed by atoms with Crippen molar-refractivity contribution in [2.75, 3.05) is 18.2 Å². The van der Waals surface area contributed by atoms with Gasteiger partial charge in [0.25, 0.3) is 11.6 Å². The molecule has 0 aromatic heterocycles. The lowest BCUT2D eigenvalue weighted by Gasteiger charge is -2.35. The van der Waals surface area contributed by atoms with Gasteiger partial charge in [0.15, 0.2) is 9.84 Å². The summed E-state index contributed by atoms with van der Waals surface area (Å²) in [7, 11) is -3.12. The maximum absolute atomic E-state index is 15.6. The van der Waals surface area contributed by atoms with Crippen molar-refractivity contribution in [2.45, 2.75) is 36.7 Å². The Labute approximate surface area is 183 Å². The third-order valence-corrected chi connectivity index (χ3v) is 6.75. The summed E-state index contributed by atoms with van der Waals surface area (Å²) in [5.41, 5.74) is -4.17. The summed E-state index contributed by atoms with van der Waals surface area (Å²) in [4.78, 5) is 12.2. The van der Waals surface area contributed by atoms with Gasteiger partial charge in [-0.3, -0.25) is 4.79 Å². The van der Waals surface area contributed by atoms with E-state index in [0.717, 1.165) is 19.1 Å². The lowest BCUT2D eigenvalue weighted by Crippen LogP contribution is -2.60. The van der Waals surface area contributed by atoms with Crippen LogP contribution in [0.25, 0.3) is 0 Å². The number of rotatable bonds is 8. The summed E-state index contributed by atoms with van der Waals surface area (Å²) in [5, 5.41) is 11.8. The number of sulfone groups is 1. The molecule has 0 fully saturated rings. The Kier molecular flexibility index (Phi) is 7.56. The highest BCUT2D eigenvalue weighted by Crippen LogP contribution is 2.43. The van der Waals surface area contributed by atoms with Crippen LogP contribution in [0.1, 0.15) is 12.5 Å². The molecule has 0 aliphatic heterocycles. The number of methoxy groups -OCH3 is 1. The summed E-state index contributed by atoms with van der Waals surface area (Å²) < 4.78 is 87.4. The van der Waals surface area contributed by atoms with E-state index in [0.29, 0.717) is 11.3 Å². The van der Waals surface area contributed by atoms with Crippen molar-refractivity contribution in [2.24, 2.45) is 5.92 Å². The van der Waals surface area contributed by atoms with E-state index >= 15 is 4.39 Å². The Morgan fingerprint density at radius 1 is 1.06 bits per heavy atom. The molecule has 0 saturated carbocycles. The predicted molar refractivity (Wildman–Crippen MR) is 110 cm³/mol. The minimum absolute atomic E-state index is 0.173. The van der Waals surface area contributed by atoms with E-state index in [9.17, 15) is 31.5 Å². The quantitative estimate of drug-likeness (QED) is 0.566. The van der Waals surface area contributed by atoms with E-state index < -0.39 is 45.4 Å². The first-order valence-corrected chi connectivity index (χ1v) is 11.1. The van der Waals surface area contributed by atoms with E-state index in [1.807, 2.05) is 5.32 Å². The Balaban J connectivity index is 2.45. The number of benzene rings is 2. The number of carbonyl (C=O) groups is 1. The van der Waals surface area contributed by atoms with E-state index in [1.165, 1.54) is 43.5 Å². The van der Waals surface area contributed by atoms with Crippen molar-refractivity contribution >= 4 is 21.4 Å². The number of aliphatic hydroxyl groups excluding tert-OH is 1. The molecule has 2 rings (SSSR count). The number of halogens is 4. The van der Waals surface area contributed by atoms with Crippen molar-refractivity contribution in [1.29, 1.82) is 0 Å². The number of anilines is 1. The molecule has 0 unspecified atom stereocenters. The van der Waals surface area contributed by atoms with E-state index in [2.05, 4.69) is 0 Å². The van der Waals surface area contributed by atoms with Gasteiger partial charge in [0.05, 0.1) is 29.8 Å². The van der Waals surface area contributed by atoms with Crippen molar-refractivity contribution in [1.82, 2.24) is 0 Å². The molecule has 11 heteroatoms. The van der Waals surface area contributed by atoms with Crippen molar-refractivity contribution < 1.29 is 40.6 Å². The fraction of sp³-hybridized carbons (Fsp3) is 0.381. The van der Waals surface area contributed by atoms with Crippen LogP contribution in [0.3, 0.4) is 0 Å². The molecular formula is C21H23F4NO5S. The van der Waals surface area contributed by atoms with Gasteiger partial charge in [-0.1, -0.05) is 17.7 Å². The zero-order chi connectivity index (χ0) is 24.3. The van der Waals surface area contributed by atoms with Gasteiger partial charge in [-0.25, -0.2) is 12.8 Å². The van der Waals surface area contributed by atoms with Crippen LogP contribution in [0.2, 0.25) is 0 Å². The van der Waals surface area contributed by atoms with Crippen LogP contribution in [-0.2, 0) is 14.6 Å². The average molecular weight is 477 g/mol. The summed E-state index contributed by atoms with van der Waals surface area (Å²) in [5.74, 6) is -5.87. The number of nitrogens with one attached hydrogen (secondary N) is 1. The third kappa shape index (κ3) is 5.39. The third-order valence-electron chi connectivity index (χ3n) is 4.96. The minimum Gasteiger partial charge on any atom is -0.497 e. The first-order valence-electron chi connectivity index (χ1n) is 9.41. The molecule has 0 aliphatic carbocycles. The standard InChI is InChI=1S/C21H23F4NO5S/c1-13-4-10-17(11-5-13)32(29,30)12-18(14(2)27)20(22,21(23,24)25)19(28)26-15-6-8-16(31-3)9-7-15/h4-11,14,18,27H,12H2,1-3H3,(H,26,28)/t14-,18-,20+/m0/s1. The molecule has 0 radical (unpaired) electrons. The first-order chi connectivity index (χ1) is 14.7. The number of amides is 1. The van der Waals surface area contributed by atoms with Gasteiger partial charge in [0.2, 0.25) is 0 Å². The molecule has 2 aromatic carbocycles. The number of carbonyl (C=O) groups excluding carboxylic acids is 1. The summed E-state index contributed by atoms with van der Waals surface area (Å²) in [6, 6.07) is 10.2. The van der Waals surface area contributed by atoms with Gasteiger partial charge < -0.3 is 15.2 Å². The zero-order valence-corrected chi connectivity index (χ0v) is 18.3. The number of hydrogen-bond donors (Lipinski definition) is 2. The second-order valence-electron chi connectivity index (χ2n) is 7.33. The largest absolute Gasteiger partial charge is 0.497 e. The molecular weight excluding hydrogens is 454 g/mol. The number of aliphatic hydroxyl groups is 1. The normalized spacial score (nSPS) is 16.0. The van der Waals surface area contributed by atoms with Crippen LogP contribution in [0, 0.1) is 12.8 Å². The Morgan fingerprint density at radius 3 is 2.03 bits per heavy atom. The number of alkyl halides is 4. The van der Waals surface area contributed by atoms with Crippen LogP contribution in [-0.4, -0.2) is 50.2 Å². The smallest absolute Gasteiger partial charge is 0.432 e. The zero-order valence-electron chi connectivity index (χ0n) is 17.5. The summed E-state index contributed by atoms with van der Waals surface area (Å²) >= 11 is 0. The van der Waals surface area contributed by atoms with Gasteiger partial charge in [-0.05, 0) is 50.2 Å². The summed E-state index contributed by atoms with van der Waals surface area (Å²) in [6.45, 7) is 2.48. The summed E-state index contributed by atoms with van der Waals surface area (Å²) in [6.07, 6.45) is -7.93. The van der Waals surface area contributed by atoms with Crippen molar-refractivity contribution in [3.8, 4) is 5.75 Å². The highest BCUT2D eigenvalue weighted by Gasteiger charge is 2.67. The molecule has 32 heavy (non-hydrogen) atoms.